The summed E-state index contributed by atoms with van der Waals surface area (Å²) >= 11 is 0. The Balaban J connectivity index is 1.81. The van der Waals surface area contributed by atoms with Crippen LogP contribution in [0.4, 0.5) is 8.78 Å². The smallest absolute Gasteiger partial charge is 0.276 e. The number of fused-ring (bicyclic) bond motifs is 2. The van der Waals surface area contributed by atoms with Gasteiger partial charge in [0.05, 0.1) is 18.3 Å². The Morgan fingerprint density at radius 1 is 1.12 bits per heavy atom. The van der Waals surface area contributed by atoms with Gasteiger partial charge in [-0.05, 0) is 48.6 Å². The van der Waals surface area contributed by atoms with Crippen LogP contribution in [-0.4, -0.2) is 38.3 Å². The van der Waals surface area contributed by atoms with Crippen molar-refractivity contribution in [2.75, 3.05) is 6.54 Å². The second-order valence-corrected chi connectivity index (χ2v) is 8.36. The summed E-state index contributed by atoms with van der Waals surface area (Å²) in [6.07, 6.45) is 2.37. The van der Waals surface area contributed by atoms with Crippen molar-refractivity contribution in [2.24, 2.45) is 0 Å². The van der Waals surface area contributed by atoms with Gasteiger partial charge in [-0.25, -0.2) is 8.78 Å². The molecule has 3 heterocycles. The first-order valence-corrected chi connectivity index (χ1v) is 10.5. The third-order valence-electron chi connectivity index (χ3n) is 6.55. The number of carbonyl (C=O) groups excluding carboxylic acids is 1. The summed E-state index contributed by atoms with van der Waals surface area (Å²) in [5.41, 5.74) is 0.499. The van der Waals surface area contributed by atoms with Crippen molar-refractivity contribution in [1.82, 2.24) is 14.7 Å². The number of hydrogen-bond donors (Lipinski definition) is 1. The van der Waals surface area contributed by atoms with E-state index < -0.39 is 34.9 Å². The molecule has 2 aliphatic heterocycles. The number of carbonyl (C=O) groups is 1. The van der Waals surface area contributed by atoms with E-state index in [1.165, 1.54) is 16.8 Å². The zero-order valence-electron chi connectivity index (χ0n) is 17.3. The van der Waals surface area contributed by atoms with Crippen molar-refractivity contribution in [3.8, 4) is 5.75 Å². The number of halogens is 2. The van der Waals surface area contributed by atoms with Crippen molar-refractivity contribution < 1.29 is 18.7 Å². The zero-order valence-corrected chi connectivity index (χ0v) is 17.3. The molecule has 1 saturated heterocycles. The van der Waals surface area contributed by atoms with Gasteiger partial charge in [0.15, 0.2) is 11.4 Å². The highest BCUT2D eigenvalue weighted by Crippen LogP contribution is 2.46. The summed E-state index contributed by atoms with van der Waals surface area (Å²) in [6.45, 7) is 2.10. The standard InChI is InChI=1S/C24H21F2N3O3/c1-13-11-14(8-9-16(13)25)20(15-5-2-3-6-17(15)26)21-18-7-4-10-28(18)24(32)22-23(31)19(30)12-27-29(21)22/h2-3,5-6,8-9,11-12,18,20-21,31H,4,7,10H2,1H3/t18-,20+,21-/m1/s1. The lowest BCUT2D eigenvalue weighted by molar-refractivity contribution is 0.0564. The summed E-state index contributed by atoms with van der Waals surface area (Å²) in [6, 6.07) is 10.0. The first-order valence-electron chi connectivity index (χ1n) is 10.5. The summed E-state index contributed by atoms with van der Waals surface area (Å²) in [5, 5.41) is 14.7. The zero-order chi connectivity index (χ0) is 22.6. The third kappa shape index (κ3) is 3.01. The molecule has 164 valence electrons. The number of amides is 1. The minimum Gasteiger partial charge on any atom is -0.502 e. The molecule has 2 aromatic carbocycles. The lowest BCUT2D eigenvalue weighted by atomic mass is 9.79. The van der Waals surface area contributed by atoms with Gasteiger partial charge in [0.1, 0.15) is 11.6 Å². The monoisotopic (exact) mass is 437 g/mol. The van der Waals surface area contributed by atoms with Crippen molar-refractivity contribution in [3.05, 3.63) is 92.9 Å². The van der Waals surface area contributed by atoms with Crippen LogP contribution in [-0.2, 0) is 0 Å². The number of aromatic hydroxyl groups is 1. The Morgan fingerprint density at radius 2 is 1.91 bits per heavy atom. The maximum absolute atomic E-state index is 15.1. The van der Waals surface area contributed by atoms with Crippen LogP contribution < -0.4 is 5.43 Å². The molecule has 0 saturated carbocycles. The molecule has 6 nitrogen and oxygen atoms in total. The fourth-order valence-corrected chi connectivity index (χ4v) is 5.10. The number of aryl methyl sites for hydroxylation is 1. The van der Waals surface area contributed by atoms with Gasteiger partial charge in [-0.3, -0.25) is 14.3 Å². The van der Waals surface area contributed by atoms with Crippen LogP contribution >= 0.6 is 0 Å². The number of hydrogen-bond acceptors (Lipinski definition) is 4. The molecule has 0 radical (unpaired) electrons. The molecule has 1 amide bonds. The van der Waals surface area contributed by atoms with E-state index in [0.29, 0.717) is 29.7 Å². The molecule has 3 aromatic rings. The van der Waals surface area contributed by atoms with Crippen molar-refractivity contribution >= 4 is 5.91 Å². The van der Waals surface area contributed by atoms with Crippen molar-refractivity contribution in [3.63, 3.8) is 0 Å². The number of nitrogens with zero attached hydrogens (tertiary/aromatic N) is 3. The quantitative estimate of drug-likeness (QED) is 0.680. The van der Waals surface area contributed by atoms with Crippen LogP contribution in [0.15, 0.2) is 53.5 Å². The maximum atomic E-state index is 15.1. The lowest BCUT2D eigenvalue weighted by Crippen LogP contribution is -2.51. The van der Waals surface area contributed by atoms with Crippen LogP contribution in [0, 0.1) is 18.6 Å². The molecule has 1 N–H and O–H groups in total. The Hall–Kier alpha value is -3.55. The first kappa shape index (κ1) is 20.4. The SMILES string of the molecule is Cc1cc([C@@H](c2ccccc2F)[C@H]2[C@H]3CCCN3C(=O)c3c(O)c(=O)cnn32)ccc1F. The minimum absolute atomic E-state index is 0.194. The van der Waals surface area contributed by atoms with Crippen LogP contribution in [0.5, 0.6) is 5.75 Å². The predicted octanol–water partition coefficient (Wildman–Crippen LogP) is 3.53. The molecule has 0 aliphatic carbocycles. The van der Waals surface area contributed by atoms with Gasteiger partial charge in [0.25, 0.3) is 5.91 Å². The predicted molar refractivity (Wildman–Crippen MR) is 113 cm³/mol. The van der Waals surface area contributed by atoms with Gasteiger partial charge >= 0.3 is 0 Å². The Kier molecular flexibility index (Phi) is 4.80. The lowest BCUT2D eigenvalue weighted by Gasteiger charge is -2.42. The highest BCUT2D eigenvalue weighted by atomic mass is 19.1. The van der Waals surface area contributed by atoms with E-state index in [2.05, 4.69) is 5.10 Å². The molecule has 0 spiro atoms. The van der Waals surface area contributed by atoms with Gasteiger partial charge in [0.2, 0.25) is 5.43 Å². The van der Waals surface area contributed by atoms with E-state index in [-0.39, 0.29) is 17.6 Å². The average molecular weight is 437 g/mol. The summed E-state index contributed by atoms with van der Waals surface area (Å²) in [7, 11) is 0. The van der Waals surface area contributed by atoms with Gasteiger partial charge in [-0.1, -0.05) is 30.3 Å². The van der Waals surface area contributed by atoms with E-state index >= 15 is 4.39 Å². The number of benzene rings is 2. The maximum Gasteiger partial charge on any atom is 0.276 e. The Labute approximate surface area is 182 Å². The molecule has 2 aliphatic rings. The van der Waals surface area contributed by atoms with Gasteiger partial charge in [0, 0.05) is 12.5 Å². The number of rotatable bonds is 3. The first-order chi connectivity index (χ1) is 15.4. The van der Waals surface area contributed by atoms with Crippen LogP contribution in [0.1, 0.15) is 52.0 Å². The Morgan fingerprint density at radius 3 is 2.66 bits per heavy atom. The Bertz CT molecular complexity index is 1290. The molecule has 5 rings (SSSR count). The molecule has 3 atom stereocenters. The summed E-state index contributed by atoms with van der Waals surface area (Å²) in [5.74, 6) is -2.57. The van der Waals surface area contributed by atoms with Crippen LogP contribution in [0.25, 0.3) is 0 Å². The fraction of sp³-hybridized carbons (Fsp3) is 0.292. The molecule has 0 unspecified atom stereocenters. The topological polar surface area (TPSA) is 75.4 Å². The highest BCUT2D eigenvalue weighted by molar-refractivity contribution is 5.96. The third-order valence-corrected chi connectivity index (χ3v) is 6.55. The molecule has 1 aromatic heterocycles. The number of aromatic nitrogens is 2. The normalized spacial score (nSPS) is 20.7. The summed E-state index contributed by atoms with van der Waals surface area (Å²) < 4.78 is 30.6. The van der Waals surface area contributed by atoms with Gasteiger partial charge in [-0.2, -0.15) is 5.10 Å². The van der Waals surface area contributed by atoms with E-state index in [9.17, 15) is 19.1 Å². The van der Waals surface area contributed by atoms with E-state index in [1.807, 2.05) is 0 Å². The van der Waals surface area contributed by atoms with E-state index in [4.69, 9.17) is 0 Å². The summed E-state index contributed by atoms with van der Waals surface area (Å²) in [4.78, 5) is 26.8. The molecular formula is C24H21F2N3O3. The second-order valence-electron chi connectivity index (χ2n) is 8.36. The highest BCUT2D eigenvalue weighted by Gasteiger charge is 2.48. The molecule has 8 heteroatoms. The fourth-order valence-electron chi connectivity index (χ4n) is 5.10. The average Bonchev–Trinajstić information content (AvgIpc) is 3.26. The molecule has 1 fully saturated rings. The molecule has 0 bridgehead atoms. The van der Waals surface area contributed by atoms with Gasteiger partial charge < -0.3 is 10.0 Å². The van der Waals surface area contributed by atoms with Crippen LogP contribution in [0.2, 0.25) is 0 Å². The largest absolute Gasteiger partial charge is 0.502 e. The minimum atomic E-state index is -0.749. The molecule has 32 heavy (non-hydrogen) atoms. The second kappa shape index (κ2) is 7.55. The van der Waals surface area contributed by atoms with Crippen LogP contribution in [0.3, 0.4) is 0 Å². The van der Waals surface area contributed by atoms with Crippen molar-refractivity contribution in [2.45, 2.75) is 37.8 Å². The van der Waals surface area contributed by atoms with E-state index in [1.54, 1.807) is 42.2 Å². The molecular weight excluding hydrogens is 416 g/mol. The van der Waals surface area contributed by atoms with Gasteiger partial charge in [-0.15, -0.1) is 0 Å². The van der Waals surface area contributed by atoms with Crippen molar-refractivity contribution in [1.29, 1.82) is 0 Å². The van der Waals surface area contributed by atoms with E-state index in [0.717, 1.165) is 12.6 Å².